The van der Waals surface area contributed by atoms with Gasteiger partial charge in [0, 0.05) is 44.0 Å². The molecule has 2 aromatic rings. The number of rotatable bonds is 9. The van der Waals surface area contributed by atoms with E-state index in [2.05, 4.69) is 15.6 Å². The van der Waals surface area contributed by atoms with Crippen LogP contribution in [0.5, 0.6) is 0 Å². The number of guanidine groups is 1. The van der Waals surface area contributed by atoms with Crippen LogP contribution in [-0.2, 0) is 17.8 Å². The monoisotopic (exact) mass is 518 g/mol. The number of benzene rings is 2. The number of ether oxygens (including phenoxy) is 1. The number of aliphatic imine (C=N–C) groups is 1. The lowest BCUT2D eigenvalue weighted by Gasteiger charge is -2.13. The molecule has 2 N–H and O–H groups in total. The van der Waals surface area contributed by atoms with Gasteiger partial charge in [-0.15, -0.1) is 24.0 Å². The van der Waals surface area contributed by atoms with Crippen LogP contribution in [0.3, 0.4) is 0 Å². The molecule has 0 heterocycles. The molecule has 2 aromatic carbocycles. The van der Waals surface area contributed by atoms with Gasteiger partial charge >= 0.3 is 0 Å². The lowest BCUT2D eigenvalue weighted by molar-refractivity contribution is -0.384. The second-order valence-corrected chi connectivity index (χ2v) is 6.21. The predicted molar refractivity (Wildman–Crippen MR) is 122 cm³/mol. The van der Waals surface area contributed by atoms with Gasteiger partial charge in [0.1, 0.15) is 0 Å². The van der Waals surface area contributed by atoms with E-state index >= 15 is 0 Å². The van der Waals surface area contributed by atoms with Crippen molar-refractivity contribution >= 4 is 47.2 Å². The molecule has 0 unspecified atom stereocenters. The van der Waals surface area contributed by atoms with Crippen molar-refractivity contribution in [3.63, 3.8) is 0 Å². The number of nitrogens with one attached hydrogen (secondary N) is 2. The van der Waals surface area contributed by atoms with Crippen LogP contribution in [0.25, 0.3) is 0 Å². The number of nitrogens with zero attached hydrogens (tertiary/aromatic N) is 2. The fourth-order valence-corrected chi connectivity index (χ4v) is 2.51. The topological polar surface area (TPSA) is 88.8 Å². The van der Waals surface area contributed by atoms with E-state index in [-0.39, 0.29) is 29.7 Å². The molecule has 0 bridgehead atoms. The highest BCUT2D eigenvalue weighted by Crippen LogP contribution is 2.14. The lowest BCUT2D eigenvalue weighted by atomic mass is 10.2. The normalized spacial score (nSPS) is 10.9. The Hall–Kier alpha value is -1.91. The maximum Gasteiger partial charge on any atom is 0.269 e. The molecule has 0 atom stereocenters. The first kappa shape index (κ1) is 24.1. The number of nitro groups is 1. The van der Waals surface area contributed by atoms with Gasteiger partial charge in [0.05, 0.1) is 11.5 Å². The summed E-state index contributed by atoms with van der Waals surface area (Å²) in [4.78, 5) is 14.9. The highest BCUT2D eigenvalue weighted by molar-refractivity contribution is 14.0. The third-order valence-corrected chi connectivity index (χ3v) is 4.16. The van der Waals surface area contributed by atoms with Crippen molar-refractivity contribution in [3.8, 4) is 0 Å². The highest BCUT2D eigenvalue weighted by Gasteiger charge is 2.05. The molecular formula is C19H24ClIN4O3. The van der Waals surface area contributed by atoms with Crippen molar-refractivity contribution in [2.75, 3.05) is 20.3 Å². The summed E-state index contributed by atoms with van der Waals surface area (Å²) in [5.74, 6) is 0.643. The summed E-state index contributed by atoms with van der Waals surface area (Å²) in [6.45, 7) is 2.31. The van der Waals surface area contributed by atoms with Crippen LogP contribution in [0.2, 0.25) is 5.02 Å². The number of methoxy groups -OCH3 is 1. The van der Waals surface area contributed by atoms with Crippen molar-refractivity contribution in [3.05, 3.63) is 74.8 Å². The summed E-state index contributed by atoms with van der Waals surface area (Å²) in [6.07, 6.45) is 0.848. The average Bonchev–Trinajstić information content (AvgIpc) is 2.68. The first-order chi connectivity index (χ1) is 13.1. The molecule has 0 saturated heterocycles. The van der Waals surface area contributed by atoms with Crippen LogP contribution in [-0.4, -0.2) is 31.1 Å². The van der Waals surface area contributed by atoms with E-state index in [0.717, 1.165) is 17.5 Å². The van der Waals surface area contributed by atoms with Crippen LogP contribution in [0.1, 0.15) is 17.5 Å². The van der Waals surface area contributed by atoms with Crippen LogP contribution in [0.15, 0.2) is 53.5 Å². The third kappa shape index (κ3) is 8.41. The lowest BCUT2D eigenvalue weighted by Crippen LogP contribution is -2.37. The summed E-state index contributed by atoms with van der Waals surface area (Å²) in [5, 5.41) is 17.9. The zero-order valence-electron chi connectivity index (χ0n) is 15.6. The first-order valence-electron chi connectivity index (χ1n) is 8.58. The van der Waals surface area contributed by atoms with E-state index in [9.17, 15) is 10.1 Å². The van der Waals surface area contributed by atoms with Crippen molar-refractivity contribution in [1.82, 2.24) is 10.6 Å². The van der Waals surface area contributed by atoms with Gasteiger partial charge in [-0.05, 0) is 23.6 Å². The predicted octanol–water partition coefficient (Wildman–Crippen LogP) is 4.14. The molecule has 0 aromatic heterocycles. The summed E-state index contributed by atoms with van der Waals surface area (Å²) in [7, 11) is 1.67. The molecule has 0 aliphatic heterocycles. The Kier molecular flexibility index (Phi) is 11.5. The van der Waals surface area contributed by atoms with Crippen molar-refractivity contribution in [2.45, 2.75) is 19.5 Å². The molecule has 0 saturated carbocycles. The molecule has 0 radical (unpaired) electrons. The van der Waals surface area contributed by atoms with Crippen LogP contribution in [0.4, 0.5) is 5.69 Å². The zero-order valence-corrected chi connectivity index (χ0v) is 18.6. The Labute approximate surface area is 186 Å². The van der Waals surface area contributed by atoms with E-state index in [1.807, 2.05) is 24.3 Å². The molecular weight excluding hydrogens is 495 g/mol. The van der Waals surface area contributed by atoms with Crippen molar-refractivity contribution < 1.29 is 9.66 Å². The Bertz CT molecular complexity index is 772. The minimum atomic E-state index is -0.416. The van der Waals surface area contributed by atoms with Gasteiger partial charge in [-0.3, -0.25) is 10.1 Å². The molecule has 152 valence electrons. The van der Waals surface area contributed by atoms with Gasteiger partial charge in [0.15, 0.2) is 5.96 Å². The molecule has 9 heteroatoms. The molecule has 0 aliphatic carbocycles. The summed E-state index contributed by atoms with van der Waals surface area (Å²) in [5.41, 5.74) is 1.93. The van der Waals surface area contributed by atoms with Crippen LogP contribution < -0.4 is 10.6 Å². The molecule has 0 fully saturated rings. The number of hydrogen-bond acceptors (Lipinski definition) is 4. The summed E-state index contributed by atoms with van der Waals surface area (Å²) in [6, 6.07) is 14.0. The molecule has 28 heavy (non-hydrogen) atoms. The average molecular weight is 519 g/mol. The second kappa shape index (κ2) is 13.3. The molecule has 0 aliphatic rings. The quantitative estimate of drug-likeness (QED) is 0.130. The van der Waals surface area contributed by atoms with Crippen LogP contribution >= 0.6 is 35.6 Å². The first-order valence-corrected chi connectivity index (χ1v) is 8.96. The molecule has 0 spiro atoms. The largest absolute Gasteiger partial charge is 0.385 e. The standard InChI is InChI=1S/C19H23ClN4O3.HI/c1-27-12-4-11-21-19(23-14-16-5-2-3-6-18(16)20)22-13-15-7-9-17(10-8-15)24(25)26;/h2-3,5-10H,4,11-14H2,1H3,(H2,21,22,23);1H. The zero-order chi connectivity index (χ0) is 19.5. The Morgan fingerprint density at radius 2 is 1.89 bits per heavy atom. The van der Waals surface area contributed by atoms with E-state index in [1.54, 1.807) is 19.2 Å². The van der Waals surface area contributed by atoms with Crippen LogP contribution in [0, 0.1) is 10.1 Å². The van der Waals surface area contributed by atoms with E-state index < -0.39 is 4.92 Å². The van der Waals surface area contributed by atoms with Gasteiger partial charge in [-0.25, -0.2) is 4.99 Å². The maximum absolute atomic E-state index is 10.7. The second-order valence-electron chi connectivity index (χ2n) is 5.81. The molecule has 7 nitrogen and oxygen atoms in total. The van der Waals surface area contributed by atoms with Gasteiger partial charge in [-0.2, -0.15) is 0 Å². The van der Waals surface area contributed by atoms with E-state index in [0.29, 0.717) is 37.2 Å². The smallest absolute Gasteiger partial charge is 0.269 e. The van der Waals surface area contributed by atoms with Gasteiger partial charge < -0.3 is 15.4 Å². The Balaban J connectivity index is 0.00000392. The summed E-state index contributed by atoms with van der Waals surface area (Å²) >= 11 is 6.19. The van der Waals surface area contributed by atoms with Crippen molar-refractivity contribution in [1.29, 1.82) is 0 Å². The number of halogens is 2. The van der Waals surface area contributed by atoms with Gasteiger partial charge in [0.25, 0.3) is 5.69 Å². The van der Waals surface area contributed by atoms with E-state index in [4.69, 9.17) is 16.3 Å². The Morgan fingerprint density at radius 3 is 2.54 bits per heavy atom. The van der Waals surface area contributed by atoms with Gasteiger partial charge in [-0.1, -0.05) is 41.9 Å². The fourth-order valence-electron chi connectivity index (χ4n) is 2.31. The number of non-ortho nitro benzene ring substituents is 1. The summed E-state index contributed by atoms with van der Waals surface area (Å²) < 4.78 is 5.06. The number of hydrogen-bond donors (Lipinski definition) is 2. The maximum atomic E-state index is 10.7. The molecule has 0 amide bonds. The molecule has 2 rings (SSSR count). The van der Waals surface area contributed by atoms with E-state index in [1.165, 1.54) is 12.1 Å². The van der Waals surface area contributed by atoms with Gasteiger partial charge in [0.2, 0.25) is 0 Å². The third-order valence-electron chi connectivity index (χ3n) is 3.79. The number of nitro benzene ring substituents is 1. The minimum absolute atomic E-state index is 0. The van der Waals surface area contributed by atoms with Crippen molar-refractivity contribution in [2.24, 2.45) is 4.99 Å². The fraction of sp³-hybridized carbons (Fsp3) is 0.316. The highest BCUT2D eigenvalue weighted by atomic mass is 127. The Morgan fingerprint density at radius 1 is 1.18 bits per heavy atom. The SMILES string of the molecule is COCCCNC(=NCc1ccc([N+](=O)[O-])cc1)NCc1ccccc1Cl.I. The minimum Gasteiger partial charge on any atom is -0.385 e.